The van der Waals surface area contributed by atoms with Gasteiger partial charge in [0.05, 0.1) is 0 Å². The lowest BCUT2D eigenvalue weighted by atomic mass is 9.96. The van der Waals surface area contributed by atoms with Crippen LogP contribution < -0.4 is 0 Å². The van der Waals surface area contributed by atoms with Gasteiger partial charge in [-0.05, 0) is 55.9 Å². The first-order chi connectivity index (χ1) is 7.63. The van der Waals surface area contributed by atoms with E-state index in [1.807, 2.05) is 19.9 Å². The number of fused-ring (bicyclic) bond motifs is 1. The monoisotopic (exact) mass is 217 g/mol. The quantitative estimate of drug-likeness (QED) is 0.412. The maximum absolute atomic E-state index is 12.0. The molecule has 1 aromatic carbocycles. The van der Waals surface area contributed by atoms with Crippen LogP contribution in [0.25, 0.3) is 0 Å². The van der Waals surface area contributed by atoms with Crippen LogP contribution in [0.5, 0.6) is 0 Å². The minimum Gasteiger partial charge on any atom is -0.411 e. The Balaban J connectivity index is 2.58. The van der Waals surface area contributed by atoms with Crippen molar-refractivity contribution in [1.82, 2.24) is 0 Å². The molecule has 1 aromatic rings. The van der Waals surface area contributed by atoms with Gasteiger partial charge in [-0.25, -0.2) is 0 Å². The molecule has 0 heterocycles. The van der Waals surface area contributed by atoms with Gasteiger partial charge in [-0.1, -0.05) is 11.2 Å². The first-order valence-electron chi connectivity index (χ1n) is 5.49. The van der Waals surface area contributed by atoms with Crippen LogP contribution >= 0.6 is 0 Å². The van der Waals surface area contributed by atoms with Gasteiger partial charge in [0, 0.05) is 5.56 Å². The molecule has 0 fully saturated rings. The maximum atomic E-state index is 12.0. The van der Waals surface area contributed by atoms with Crippen LogP contribution in [0, 0.1) is 13.8 Å². The number of Topliss-reactive ketones (excluding diaryl/α,β-unsaturated/α-hetero) is 1. The highest BCUT2D eigenvalue weighted by atomic mass is 16.4. The number of hydrogen-bond acceptors (Lipinski definition) is 3. The zero-order chi connectivity index (χ0) is 11.7. The summed E-state index contributed by atoms with van der Waals surface area (Å²) in [4.78, 5) is 12.0. The molecule has 16 heavy (non-hydrogen) atoms. The zero-order valence-corrected chi connectivity index (χ0v) is 9.58. The molecule has 0 saturated carbocycles. The fraction of sp³-hybridized carbons (Fsp3) is 0.385. The normalized spacial score (nSPS) is 18.4. The molecule has 84 valence electrons. The van der Waals surface area contributed by atoms with Crippen LogP contribution in [0.4, 0.5) is 0 Å². The highest BCUT2D eigenvalue weighted by molar-refractivity contribution is 6.46. The molecule has 2 rings (SSSR count). The van der Waals surface area contributed by atoms with Gasteiger partial charge in [-0.3, -0.25) is 4.79 Å². The van der Waals surface area contributed by atoms with Gasteiger partial charge in [-0.15, -0.1) is 0 Å². The number of hydrogen-bond donors (Lipinski definition) is 1. The molecule has 3 heteroatoms. The van der Waals surface area contributed by atoms with Gasteiger partial charge in [0.15, 0.2) is 0 Å². The third-order valence-corrected chi connectivity index (χ3v) is 3.21. The molecule has 0 aromatic heterocycles. The Kier molecular flexibility index (Phi) is 2.77. The van der Waals surface area contributed by atoms with Crippen molar-refractivity contribution in [3.8, 4) is 0 Å². The van der Waals surface area contributed by atoms with E-state index in [1.54, 1.807) is 0 Å². The van der Waals surface area contributed by atoms with E-state index in [2.05, 4.69) is 11.2 Å². The predicted molar refractivity (Wildman–Crippen MR) is 62.4 cm³/mol. The van der Waals surface area contributed by atoms with E-state index in [4.69, 9.17) is 5.21 Å². The highest BCUT2D eigenvalue weighted by Crippen LogP contribution is 2.23. The Hall–Kier alpha value is -1.64. The van der Waals surface area contributed by atoms with Crippen molar-refractivity contribution in [3.63, 3.8) is 0 Å². The topological polar surface area (TPSA) is 49.7 Å². The number of ketones is 1. The fourth-order valence-corrected chi connectivity index (χ4v) is 2.10. The van der Waals surface area contributed by atoms with Crippen LogP contribution in [0.1, 0.15) is 39.9 Å². The molecule has 0 saturated heterocycles. The summed E-state index contributed by atoms with van der Waals surface area (Å²) in [5.74, 6) is -0.127. The Bertz CT molecular complexity index is 475. The number of carbonyl (C=O) groups excluding carboxylic acids is 1. The molecule has 0 radical (unpaired) electrons. The van der Waals surface area contributed by atoms with Crippen LogP contribution in [0.2, 0.25) is 0 Å². The van der Waals surface area contributed by atoms with Crippen molar-refractivity contribution < 1.29 is 10.0 Å². The van der Waals surface area contributed by atoms with E-state index in [9.17, 15) is 4.79 Å². The molecule has 0 unspecified atom stereocenters. The second-order valence-electron chi connectivity index (χ2n) is 4.32. The molecule has 3 nitrogen and oxygen atoms in total. The van der Waals surface area contributed by atoms with E-state index < -0.39 is 0 Å². The first kappa shape index (κ1) is 10.9. The Morgan fingerprint density at radius 2 is 1.88 bits per heavy atom. The van der Waals surface area contributed by atoms with Crippen LogP contribution in [-0.4, -0.2) is 16.7 Å². The molecule has 1 aliphatic carbocycles. The van der Waals surface area contributed by atoms with Gasteiger partial charge >= 0.3 is 0 Å². The van der Waals surface area contributed by atoms with Gasteiger partial charge in [0.2, 0.25) is 5.78 Å². The zero-order valence-electron chi connectivity index (χ0n) is 9.58. The molecular weight excluding hydrogens is 202 g/mol. The summed E-state index contributed by atoms with van der Waals surface area (Å²) in [5.41, 5.74) is 4.37. The average Bonchev–Trinajstić information content (AvgIpc) is 2.41. The standard InChI is InChI=1S/C13H15NO2/c1-8-6-10-4-3-5-12(14-16)13(15)11(10)7-9(8)2/h6-7,16H,3-5H2,1-2H3/b14-12-. The summed E-state index contributed by atoms with van der Waals surface area (Å²) in [7, 11) is 0. The summed E-state index contributed by atoms with van der Waals surface area (Å²) in [5, 5.41) is 11.9. The van der Waals surface area contributed by atoms with Gasteiger partial charge in [-0.2, -0.15) is 0 Å². The van der Waals surface area contributed by atoms with E-state index >= 15 is 0 Å². The first-order valence-corrected chi connectivity index (χ1v) is 5.49. The van der Waals surface area contributed by atoms with Crippen LogP contribution in [0.3, 0.4) is 0 Å². The summed E-state index contributed by atoms with van der Waals surface area (Å²) in [6.07, 6.45) is 2.30. The van der Waals surface area contributed by atoms with Gasteiger partial charge in [0.25, 0.3) is 0 Å². The lowest BCUT2D eigenvalue weighted by molar-refractivity contribution is 0.106. The van der Waals surface area contributed by atoms with E-state index in [0.717, 1.165) is 24.0 Å². The minimum absolute atomic E-state index is 0.127. The van der Waals surface area contributed by atoms with Crippen molar-refractivity contribution in [2.75, 3.05) is 0 Å². The smallest absolute Gasteiger partial charge is 0.210 e. The predicted octanol–water partition coefficient (Wildman–Crippen LogP) is 2.65. The molecular formula is C13H15NO2. The minimum atomic E-state index is -0.127. The third-order valence-electron chi connectivity index (χ3n) is 3.21. The molecule has 1 aliphatic rings. The number of aryl methyl sites for hydroxylation is 3. The van der Waals surface area contributed by atoms with Gasteiger partial charge in [0.1, 0.15) is 5.71 Å². The second kappa shape index (κ2) is 4.08. The van der Waals surface area contributed by atoms with E-state index in [0.29, 0.717) is 12.0 Å². The highest BCUT2D eigenvalue weighted by Gasteiger charge is 2.22. The summed E-state index contributed by atoms with van der Waals surface area (Å²) in [6.45, 7) is 4.04. The summed E-state index contributed by atoms with van der Waals surface area (Å²) < 4.78 is 0. The summed E-state index contributed by atoms with van der Waals surface area (Å²) in [6, 6.07) is 3.98. The maximum Gasteiger partial charge on any atom is 0.210 e. The Morgan fingerprint density at radius 1 is 1.19 bits per heavy atom. The number of rotatable bonds is 0. The second-order valence-corrected chi connectivity index (χ2v) is 4.32. The van der Waals surface area contributed by atoms with Crippen molar-refractivity contribution in [2.24, 2.45) is 5.16 Å². The van der Waals surface area contributed by atoms with Gasteiger partial charge < -0.3 is 5.21 Å². The third kappa shape index (κ3) is 1.73. The lowest BCUT2D eigenvalue weighted by Crippen LogP contribution is -2.13. The van der Waals surface area contributed by atoms with E-state index in [1.165, 1.54) is 5.56 Å². The molecule has 0 spiro atoms. The molecule has 1 N–H and O–H groups in total. The van der Waals surface area contributed by atoms with E-state index in [-0.39, 0.29) is 11.5 Å². The molecule has 0 amide bonds. The Labute approximate surface area is 94.8 Å². The SMILES string of the molecule is Cc1cc2c(cc1C)C(=O)/C(=N\O)CCC2. The number of nitrogens with zero attached hydrogens (tertiary/aromatic N) is 1. The largest absolute Gasteiger partial charge is 0.411 e. The van der Waals surface area contributed by atoms with Crippen LogP contribution in [-0.2, 0) is 6.42 Å². The Morgan fingerprint density at radius 3 is 2.56 bits per heavy atom. The number of carbonyl (C=O) groups is 1. The molecule has 0 bridgehead atoms. The average molecular weight is 217 g/mol. The number of benzene rings is 1. The lowest BCUT2D eigenvalue weighted by Gasteiger charge is -2.08. The summed E-state index contributed by atoms with van der Waals surface area (Å²) >= 11 is 0. The van der Waals surface area contributed by atoms with Crippen molar-refractivity contribution in [1.29, 1.82) is 0 Å². The van der Waals surface area contributed by atoms with Crippen LogP contribution in [0.15, 0.2) is 17.3 Å². The van der Waals surface area contributed by atoms with Crippen molar-refractivity contribution in [2.45, 2.75) is 33.1 Å². The van der Waals surface area contributed by atoms with Crippen molar-refractivity contribution >= 4 is 11.5 Å². The van der Waals surface area contributed by atoms with Crippen molar-refractivity contribution in [3.05, 3.63) is 34.4 Å². The number of oxime groups is 1. The fourth-order valence-electron chi connectivity index (χ4n) is 2.10. The molecule has 0 aliphatic heterocycles. The molecule has 0 atom stereocenters.